The van der Waals surface area contributed by atoms with Gasteiger partial charge in [-0.3, -0.25) is 9.35 Å². The largest absolute Gasteiger partial charge is 0.446 e. The van der Waals surface area contributed by atoms with Crippen LogP contribution in [0.15, 0.2) is 24.3 Å². The predicted octanol–water partition coefficient (Wildman–Crippen LogP) is 0.827. The average Bonchev–Trinajstić information content (AvgIpc) is 2.17. The summed E-state index contributed by atoms with van der Waals surface area (Å²) in [6.07, 6.45) is 0. The van der Waals surface area contributed by atoms with Crippen molar-refractivity contribution in [2.75, 3.05) is 5.32 Å². The second kappa shape index (κ2) is 4.28. The number of anilines is 1. The molecule has 15 heavy (non-hydrogen) atoms. The zero-order valence-corrected chi connectivity index (χ0v) is 8.11. The summed E-state index contributed by atoms with van der Waals surface area (Å²) in [5.41, 5.74) is 0.152. The second-order valence-corrected chi connectivity index (χ2v) is 3.51. The van der Waals surface area contributed by atoms with E-state index in [9.17, 15) is 13.2 Å². The molecular weight excluding hydrogens is 222 g/mol. The number of benzene rings is 1. The third-order valence-corrected chi connectivity index (χ3v) is 1.72. The molecule has 1 aromatic carbocycles. The standard InChI is InChI=1S/C8H9NO5S/c1-6(10)9-7-2-4-8(5-3-7)14-15(11,12)13/h2-5H,1H3,(H,9,10)(H,11,12,13)/i1D3. The summed E-state index contributed by atoms with van der Waals surface area (Å²) in [6, 6.07) is 4.74. The Morgan fingerprint density at radius 2 is 2.07 bits per heavy atom. The number of nitrogens with one attached hydrogen (secondary N) is 1. The summed E-state index contributed by atoms with van der Waals surface area (Å²) in [4.78, 5) is 11.1. The predicted molar refractivity (Wildman–Crippen MR) is 52.9 cm³/mol. The van der Waals surface area contributed by atoms with Crippen molar-refractivity contribution in [3.05, 3.63) is 24.3 Å². The van der Waals surface area contributed by atoms with Crippen molar-refractivity contribution in [1.29, 1.82) is 0 Å². The number of carbonyl (C=O) groups excluding carboxylic acids is 1. The molecule has 1 aromatic rings. The first-order valence-electron chi connectivity index (χ1n) is 5.16. The van der Waals surface area contributed by atoms with Gasteiger partial charge in [0.15, 0.2) is 0 Å². The highest BCUT2D eigenvalue weighted by molar-refractivity contribution is 7.81. The number of hydrogen-bond acceptors (Lipinski definition) is 4. The molecule has 0 atom stereocenters. The fourth-order valence-electron chi connectivity index (χ4n) is 0.847. The van der Waals surface area contributed by atoms with E-state index in [1.807, 2.05) is 0 Å². The van der Waals surface area contributed by atoms with Crippen molar-refractivity contribution in [2.24, 2.45) is 0 Å². The summed E-state index contributed by atoms with van der Waals surface area (Å²) in [5.74, 6) is -1.34. The summed E-state index contributed by atoms with van der Waals surface area (Å²) in [7, 11) is -4.61. The molecule has 6 nitrogen and oxygen atoms in total. The molecule has 0 unspecified atom stereocenters. The molecule has 2 N–H and O–H groups in total. The topological polar surface area (TPSA) is 92.7 Å². The van der Waals surface area contributed by atoms with Gasteiger partial charge in [0, 0.05) is 16.7 Å². The Morgan fingerprint density at radius 1 is 1.47 bits per heavy atom. The fraction of sp³-hybridized carbons (Fsp3) is 0.125. The first-order chi connectivity index (χ1) is 8.08. The molecule has 0 aliphatic rings. The van der Waals surface area contributed by atoms with Gasteiger partial charge in [-0.25, -0.2) is 0 Å². The van der Waals surface area contributed by atoms with Crippen LogP contribution in [0.3, 0.4) is 0 Å². The normalized spacial score (nSPS) is 14.6. The third-order valence-electron chi connectivity index (χ3n) is 1.31. The molecule has 0 saturated carbocycles. The van der Waals surface area contributed by atoms with Crippen molar-refractivity contribution in [1.82, 2.24) is 0 Å². The highest BCUT2D eigenvalue weighted by Gasteiger charge is 2.06. The molecule has 0 saturated heterocycles. The molecule has 0 bridgehead atoms. The zero-order chi connectivity index (χ0) is 14.0. The van der Waals surface area contributed by atoms with Gasteiger partial charge in [-0.15, -0.1) is 0 Å². The molecule has 0 aliphatic carbocycles. The lowest BCUT2D eigenvalue weighted by Gasteiger charge is -2.03. The van der Waals surface area contributed by atoms with Crippen LogP contribution < -0.4 is 9.50 Å². The van der Waals surface area contributed by atoms with Gasteiger partial charge in [0.1, 0.15) is 5.75 Å². The Morgan fingerprint density at radius 3 is 2.53 bits per heavy atom. The molecule has 0 spiro atoms. The third kappa shape index (κ3) is 4.43. The molecule has 1 rings (SSSR count). The van der Waals surface area contributed by atoms with Crippen LogP contribution in [0.5, 0.6) is 5.75 Å². The van der Waals surface area contributed by atoms with Gasteiger partial charge in [-0.2, -0.15) is 8.42 Å². The van der Waals surface area contributed by atoms with E-state index in [-0.39, 0.29) is 11.4 Å². The first-order valence-corrected chi connectivity index (χ1v) is 5.03. The smallest absolute Gasteiger partial charge is 0.362 e. The van der Waals surface area contributed by atoms with Crippen LogP contribution >= 0.6 is 0 Å². The highest BCUT2D eigenvalue weighted by atomic mass is 32.3. The molecule has 0 heterocycles. The monoisotopic (exact) mass is 234 g/mol. The first kappa shape index (κ1) is 7.66. The highest BCUT2D eigenvalue weighted by Crippen LogP contribution is 2.16. The maximum Gasteiger partial charge on any atom is 0.446 e. The Balaban J connectivity index is 2.75. The van der Waals surface area contributed by atoms with E-state index in [4.69, 9.17) is 8.67 Å². The maximum atomic E-state index is 11.1. The molecule has 82 valence electrons. The maximum absolute atomic E-state index is 11.1. The Hall–Kier alpha value is -1.60. The van der Waals surface area contributed by atoms with Crippen LogP contribution in [-0.4, -0.2) is 18.9 Å². The van der Waals surface area contributed by atoms with Crippen LogP contribution in [0.4, 0.5) is 5.69 Å². The van der Waals surface area contributed by atoms with Crippen molar-refractivity contribution in [3.8, 4) is 5.75 Å². The van der Waals surface area contributed by atoms with Gasteiger partial charge >= 0.3 is 10.4 Å². The van der Waals surface area contributed by atoms with Crippen LogP contribution in [0.25, 0.3) is 0 Å². The summed E-state index contributed by atoms with van der Waals surface area (Å²) in [5, 5.41) is 2.10. The summed E-state index contributed by atoms with van der Waals surface area (Å²) < 4.78 is 53.8. The van der Waals surface area contributed by atoms with E-state index >= 15 is 0 Å². The van der Waals surface area contributed by atoms with Gasteiger partial charge < -0.3 is 9.50 Å². The van der Waals surface area contributed by atoms with Gasteiger partial charge in [0.25, 0.3) is 0 Å². The van der Waals surface area contributed by atoms with E-state index < -0.39 is 23.2 Å². The summed E-state index contributed by atoms with van der Waals surface area (Å²) >= 11 is 0. The molecule has 0 aliphatic heterocycles. The minimum Gasteiger partial charge on any atom is -0.362 e. The minimum absolute atomic E-state index is 0.152. The Kier molecular flexibility index (Phi) is 2.19. The van der Waals surface area contributed by atoms with E-state index in [1.54, 1.807) is 0 Å². The fourth-order valence-corrected chi connectivity index (χ4v) is 1.20. The quantitative estimate of drug-likeness (QED) is 0.755. The van der Waals surface area contributed by atoms with Gasteiger partial charge in [0.2, 0.25) is 5.91 Å². The van der Waals surface area contributed by atoms with Crippen LogP contribution in [0, 0.1) is 0 Å². The minimum atomic E-state index is -4.61. The number of carbonyl (C=O) groups is 1. The van der Waals surface area contributed by atoms with Gasteiger partial charge in [-0.05, 0) is 24.3 Å². The lowest BCUT2D eigenvalue weighted by molar-refractivity contribution is -0.114. The van der Waals surface area contributed by atoms with Crippen molar-refractivity contribution >= 4 is 22.0 Å². The number of hydrogen-bond donors (Lipinski definition) is 2. The SMILES string of the molecule is [2H]C([2H])([2H])C(=O)Nc1ccc(OS(=O)(=O)O)cc1. The van der Waals surface area contributed by atoms with E-state index in [0.717, 1.165) is 12.1 Å². The van der Waals surface area contributed by atoms with Crippen LogP contribution in [0.1, 0.15) is 11.0 Å². The molecular formula is C8H9NO5S. The molecule has 7 heteroatoms. The summed E-state index contributed by atoms with van der Waals surface area (Å²) in [6.45, 7) is -2.77. The molecule has 0 radical (unpaired) electrons. The number of amides is 1. The van der Waals surface area contributed by atoms with Crippen molar-refractivity contribution < 1.29 is 26.1 Å². The lowest BCUT2D eigenvalue weighted by Crippen LogP contribution is -2.07. The van der Waals surface area contributed by atoms with E-state index in [2.05, 4.69) is 9.50 Å². The molecule has 1 amide bonds. The average molecular weight is 234 g/mol. The molecule has 0 aromatic heterocycles. The van der Waals surface area contributed by atoms with E-state index in [0.29, 0.717) is 0 Å². The zero-order valence-electron chi connectivity index (χ0n) is 10.3. The van der Waals surface area contributed by atoms with Crippen molar-refractivity contribution in [2.45, 2.75) is 6.85 Å². The second-order valence-electron chi connectivity index (χ2n) is 2.49. The number of rotatable bonds is 3. The van der Waals surface area contributed by atoms with E-state index in [1.165, 1.54) is 12.1 Å². The Labute approximate surface area is 91.0 Å². The van der Waals surface area contributed by atoms with Crippen molar-refractivity contribution in [3.63, 3.8) is 0 Å². The lowest BCUT2D eigenvalue weighted by atomic mass is 10.3. The van der Waals surface area contributed by atoms with Gasteiger partial charge in [-0.1, -0.05) is 0 Å². The molecule has 0 fully saturated rings. The van der Waals surface area contributed by atoms with Crippen LogP contribution in [-0.2, 0) is 15.2 Å². The van der Waals surface area contributed by atoms with Gasteiger partial charge in [0.05, 0.1) is 0 Å². The van der Waals surface area contributed by atoms with Crippen LogP contribution in [0.2, 0.25) is 0 Å². The Bertz CT molecular complexity index is 537.